The van der Waals surface area contributed by atoms with Gasteiger partial charge in [0.2, 0.25) is 5.91 Å². The lowest BCUT2D eigenvalue weighted by Gasteiger charge is -2.29. The molecule has 9 heteroatoms. The van der Waals surface area contributed by atoms with Crippen molar-refractivity contribution in [1.29, 1.82) is 0 Å². The van der Waals surface area contributed by atoms with Gasteiger partial charge in [-0.15, -0.1) is 0 Å². The highest BCUT2D eigenvalue weighted by atomic mass is 16.6. The minimum Gasteiger partial charge on any atom is -0.378 e. The molecule has 1 saturated heterocycles. The van der Waals surface area contributed by atoms with E-state index in [1.165, 1.54) is 23.1 Å². The number of hydrogen-bond acceptors (Lipinski definition) is 7. The summed E-state index contributed by atoms with van der Waals surface area (Å²) in [5, 5.41) is 14.1. The van der Waals surface area contributed by atoms with Gasteiger partial charge in [-0.1, -0.05) is 0 Å². The third kappa shape index (κ3) is 5.08. The van der Waals surface area contributed by atoms with E-state index < -0.39 is 4.92 Å². The van der Waals surface area contributed by atoms with Crippen LogP contribution in [0.2, 0.25) is 0 Å². The van der Waals surface area contributed by atoms with Gasteiger partial charge in [0, 0.05) is 43.1 Å². The van der Waals surface area contributed by atoms with Gasteiger partial charge in [-0.25, -0.2) is 0 Å². The first-order valence-corrected chi connectivity index (χ1v) is 9.15. The average molecular weight is 398 g/mol. The number of ether oxygens (including phenoxy) is 1. The molecule has 0 bridgehead atoms. The molecule has 1 aliphatic rings. The second-order valence-electron chi connectivity index (χ2n) is 6.67. The van der Waals surface area contributed by atoms with Gasteiger partial charge in [0.05, 0.1) is 24.7 Å². The van der Waals surface area contributed by atoms with E-state index in [0.717, 1.165) is 18.8 Å². The van der Waals surface area contributed by atoms with Crippen molar-refractivity contribution in [3.05, 3.63) is 58.1 Å². The lowest BCUT2D eigenvalue weighted by Crippen LogP contribution is -2.36. The summed E-state index contributed by atoms with van der Waals surface area (Å²) in [5.74, 6) is -0.305. The summed E-state index contributed by atoms with van der Waals surface area (Å²) in [6.45, 7) is 2.98. The SMILES string of the molecule is CN(CC(=O)Nc1ccc(N2CCOCC2)cc1)c1ccc(C=O)cc1[N+](=O)[O-]. The van der Waals surface area contributed by atoms with Crippen molar-refractivity contribution >= 4 is 34.9 Å². The minimum absolute atomic E-state index is 0.0769. The van der Waals surface area contributed by atoms with Gasteiger partial charge in [0.1, 0.15) is 12.0 Å². The largest absolute Gasteiger partial charge is 0.378 e. The number of amides is 1. The first kappa shape index (κ1) is 20.3. The van der Waals surface area contributed by atoms with E-state index in [1.807, 2.05) is 24.3 Å². The zero-order valence-corrected chi connectivity index (χ0v) is 16.0. The number of anilines is 3. The van der Waals surface area contributed by atoms with Crippen LogP contribution in [0.5, 0.6) is 0 Å². The van der Waals surface area contributed by atoms with Crippen molar-refractivity contribution in [2.75, 3.05) is 55.0 Å². The molecule has 3 rings (SSSR count). The number of aldehydes is 1. The molecule has 0 saturated carbocycles. The summed E-state index contributed by atoms with van der Waals surface area (Å²) >= 11 is 0. The maximum absolute atomic E-state index is 12.4. The third-order valence-corrected chi connectivity index (χ3v) is 4.65. The zero-order valence-electron chi connectivity index (χ0n) is 16.0. The molecule has 1 fully saturated rings. The molecular formula is C20H22N4O5. The fraction of sp³-hybridized carbons (Fsp3) is 0.300. The normalized spacial score (nSPS) is 13.6. The van der Waals surface area contributed by atoms with E-state index in [0.29, 0.717) is 25.2 Å². The summed E-state index contributed by atoms with van der Waals surface area (Å²) in [7, 11) is 1.59. The monoisotopic (exact) mass is 398 g/mol. The number of nitrogens with zero attached hydrogens (tertiary/aromatic N) is 3. The Hall–Kier alpha value is -3.46. The van der Waals surface area contributed by atoms with Gasteiger partial charge in [0.15, 0.2) is 0 Å². The molecule has 0 atom stereocenters. The number of nitro benzene ring substituents is 1. The van der Waals surface area contributed by atoms with Crippen molar-refractivity contribution in [2.45, 2.75) is 0 Å². The fourth-order valence-electron chi connectivity index (χ4n) is 3.16. The second kappa shape index (κ2) is 9.16. The summed E-state index contributed by atoms with van der Waals surface area (Å²) < 4.78 is 5.34. The van der Waals surface area contributed by atoms with E-state index in [9.17, 15) is 19.7 Å². The number of benzene rings is 2. The number of rotatable bonds is 7. The lowest BCUT2D eigenvalue weighted by molar-refractivity contribution is -0.384. The molecule has 0 aromatic heterocycles. The molecule has 0 spiro atoms. The minimum atomic E-state index is -0.568. The predicted octanol–water partition coefficient (Wildman–Crippen LogP) is 2.32. The van der Waals surface area contributed by atoms with E-state index in [1.54, 1.807) is 7.05 Å². The van der Waals surface area contributed by atoms with Crippen LogP contribution in [0, 0.1) is 10.1 Å². The van der Waals surface area contributed by atoms with Crippen LogP contribution in [0.1, 0.15) is 10.4 Å². The highest BCUT2D eigenvalue weighted by Crippen LogP contribution is 2.28. The molecule has 1 aliphatic heterocycles. The molecule has 1 N–H and O–H groups in total. The van der Waals surface area contributed by atoms with Crippen LogP contribution in [-0.2, 0) is 9.53 Å². The first-order chi connectivity index (χ1) is 14.0. The van der Waals surface area contributed by atoms with Crippen molar-refractivity contribution in [3.63, 3.8) is 0 Å². The maximum atomic E-state index is 12.4. The molecule has 2 aromatic rings. The topological polar surface area (TPSA) is 105 Å². The Bertz CT molecular complexity index is 894. The van der Waals surface area contributed by atoms with Gasteiger partial charge in [-0.3, -0.25) is 19.7 Å². The summed E-state index contributed by atoms with van der Waals surface area (Å²) in [4.78, 5) is 37.6. The Morgan fingerprint density at radius 2 is 1.93 bits per heavy atom. The quantitative estimate of drug-likeness (QED) is 0.433. The number of morpholine rings is 1. The molecule has 1 amide bonds. The number of likely N-dealkylation sites (N-methyl/N-ethyl adjacent to an activating group) is 1. The molecule has 9 nitrogen and oxygen atoms in total. The Morgan fingerprint density at radius 1 is 1.24 bits per heavy atom. The van der Waals surface area contributed by atoms with Crippen LogP contribution in [0.4, 0.5) is 22.7 Å². The zero-order chi connectivity index (χ0) is 20.8. The first-order valence-electron chi connectivity index (χ1n) is 9.15. The van der Waals surface area contributed by atoms with Crippen molar-refractivity contribution < 1.29 is 19.2 Å². The molecule has 1 heterocycles. The van der Waals surface area contributed by atoms with Gasteiger partial charge < -0.3 is 19.9 Å². The number of carbonyl (C=O) groups excluding carboxylic acids is 2. The van der Waals surface area contributed by atoms with Crippen molar-refractivity contribution in [1.82, 2.24) is 0 Å². The van der Waals surface area contributed by atoms with Gasteiger partial charge >= 0.3 is 0 Å². The Balaban J connectivity index is 1.63. The smallest absolute Gasteiger partial charge is 0.293 e. The van der Waals surface area contributed by atoms with Crippen LogP contribution in [0.15, 0.2) is 42.5 Å². The Morgan fingerprint density at radius 3 is 2.55 bits per heavy atom. The summed E-state index contributed by atoms with van der Waals surface area (Å²) in [5.41, 5.74) is 1.96. The molecule has 29 heavy (non-hydrogen) atoms. The summed E-state index contributed by atoms with van der Waals surface area (Å²) in [6, 6.07) is 11.7. The maximum Gasteiger partial charge on any atom is 0.293 e. The van der Waals surface area contributed by atoms with Gasteiger partial charge in [-0.2, -0.15) is 0 Å². The van der Waals surface area contributed by atoms with E-state index in [2.05, 4.69) is 10.2 Å². The lowest BCUT2D eigenvalue weighted by atomic mass is 10.1. The van der Waals surface area contributed by atoms with Crippen LogP contribution in [-0.4, -0.2) is 57.0 Å². The van der Waals surface area contributed by atoms with Gasteiger partial charge in [-0.05, 0) is 36.4 Å². The van der Waals surface area contributed by atoms with Crippen LogP contribution in [0.25, 0.3) is 0 Å². The molecule has 0 radical (unpaired) electrons. The molecule has 0 unspecified atom stereocenters. The number of nitro groups is 1. The highest BCUT2D eigenvalue weighted by Gasteiger charge is 2.19. The van der Waals surface area contributed by atoms with Crippen LogP contribution < -0.4 is 15.1 Å². The molecule has 2 aromatic carbocycles. The number of carbonyl (C=O) groups is 2. The van der Waals surface area contributed by atoms with E-state index in [4.69, 9.17) is 4.74 Å². The molecular weight excluding hydrogens is 376 g/mol. The van der Waals surface area contributed by atoms with Crippen LogP contribution >= 0.6 is 0 Å². The van der Waals surface area contributed by atoms with Crippen molar-refractivity contribution in [2.24, 2.45) is 0 Å². The van der Waals surface area contributed by atoms with E-state index >= 15 is 0 Å². The highest BCUT2D eigenvalue weighted by molar-refractivity contribution is 5.94. The Labute approximate surface area is 168 Å². The molecule has 152 valence electrons. The predicted molar refractivity (Wildman–Crippen MR) is 110 cm³/mol. The fourth-order valence-corrected chi connectivity index (χ4v) is 3.16. The van der Waals surface area contributed by atoms with Crippen LogP contribution in [0.3, 0.4) is 0 Å². The standard InChI is InChI=1S/C20H22N4O5/c1-22(18-7-2-15(14-25)12-19(18)24(27)28)13-20(26)21-16-3-5-17(6-4-16)23-8-10-29-11-9-23/h2-7,12,14H,8-11,13H2,1H3,(H,21,26). The van der Waals surface area contributed by atoms with Gasteiger partial charge in [0.25, 0.3) is 5.69 Å². The Kier molecular flexibility index (Phi) is 6.40. The van der Waals surface area contributed by atoms with Crippen molar-refractivity contribution in [3.8, 4) is 0 Å². The average Bonchev–Trinajstić information content (AvgIpc) is 2.74. The number of hydrogen-bond donors (Lipinski definition) is 1. The second-order valence-corrected chi connectivity index (χ2v) is 6.67. The van der Waals surface area contributed by atoms with E-state index in [-0.39, 0.29) is 29.4 Å². The summed E-state index contributed by atoms with van der Waals surface area (Å²) in [6.07, 6.45) is 0.546. The molecule has 0 aliphatic carbocycles. The number of nitrogens with one attached hydrogen (secondary N) is 1. The third-order valence-electron chi connectivity index (χ3n) is 4.65.